The molecular weight excluding hydrogens is 230 g/mol. The zero-order chi connectivity index (χ0) is 14.0. The lowest BCUT2D eigenvalue weighted by Crippen LogP contribution is -2.29. The lowest BCUT2D eigenvalue weighted by atomic mass is 10.2. The summed E-state index contributed by atoms with van der Waals surface area (Å²) < 4.78 is 5.05. The SMILES string of the molecule is CC(=O)CC/C=C/C/C=C/NC(=O)OC(C)(C)C. The van der Waals surface area contributed by atoms with E-state index in [1.165, 1.54) is 0 Å². The van der Waals surface area contributed by atoms with Crippen molar-refractivity contribution in [3.63, 3.8) is 0 Å². The molecule has 0 saturated carbocycles. The van der Waals surface area contributed by atoms with Crippen molar-refractivity contribution in [2.24, 2.45) is 0 Å². The van der Waals surface area contributed by atoms with Crippen LogP contribution in [-0.4, -0.2) is 17.5 Å². The summed E-state index contributed by atoms with van der Waals surface area (Å²) in [6.07, 6.45) is 8.89. The molecule has 0 atom stereocenters. The highest BCUT2D eigenvalue weighted by Crippen LogP contribution is 2.06. The molecule has 0 unspecified atom stereocenters. The average molecular weight is 253 g/mol. The number of rotatable bonds is 6. The smallest absolute Gasteiger partial charge is 0.411 e. The van der Waals surface area contributed by atoms with Crippen molar-refractivity contribution in [2.45, 2.75) is 52.6 Å². The van der Waals surface area contributed by atoms with E-state index < -0.39 is 11.7 Å². The quantitative estimate of drug-likeness (QED) is 0.739. The van der Waals surface area contributed by atoms with E-state index in [1.807, 2.05) is 39.0 Å². The van der Waals surface area contributed by atoms with E-state index in [9.17, 15) is 9.59 Å². The number of carbonyl (C=O) groups excluding carboxylic acids is 2. The van der Waals surface area contributed by atoms with Crippen LogP contribution in [0.2, 0.25) is 0 Å². The van der Waals surface area contributed by atoms with Gasteiger partial charge >= 0.3 is 6.09 Å². The summed E-state index contributed by atoms with van der Waals surface area (Å²) >= 11 is 0. The largest absolute Gasteiger partial charge is 0.444 e. The van der Waals surface area contributed by atoms with Gasteiger partial charge in [0, 0.05) is 12.6 Å². The second-order valence-electron chi connectivity index (χ2n) is 5.00. The summed E-state index contributed by atoms with van der Waals surface area (Å²) in [7, 11) is 0. The Morgan fingerprint density at radius 3 is 2.39 bits per heavy atom. The van der Waals surface area contributed by atoms with Gasteiger partial charge in [0.15, 0.2) is 0 Å². The molecule has 18 heavy (non-hydrogen) atoms. The van der Waals surface area contributed by atoms with Gasteiger partial charge in [-0.2, -0.15) is 0 Å². The third kappa shape index (κ3) is 12.5. The second-order valence-corrected chi connectivity index (χ2v) is 5.00. The minimum Gasteiger partial charge on any atom is -0.444 e. The maximum atomic E-state index is 11.2. The van der Waals surface area contributed by atoms with Gasteiger partial charge < -0.3 is 9.53 Å². The topological polar surface area (TPSA) is 55.4 Å². The first-order valence-corrected chi connectivity index (χ1v) is 6.10. The highest BCUT2D eigenvalue weighted by atomic mass is 16.6. The fourth-order valence-electron chi connectivity index (χ4n) is 1.08. The van der Waals surface area contributed by atoms with Gasteiger partial charge in [0.25, 0.3) is 0 Å². The van der Waals surface area contributed by atoms with E-state index in [-0.39, 0.29) is 5.78 Å². The number of ketones is 1. The monoisotopic (exact) mass is 253 g/mol. The van der Waals surface area contributed by atoms with E-state index in [2.05, 4.69) is 5.32 Å². The van der Waals surface area contributed by atoms with Crippen molar-refractivity contribution in [1.29, 1.82) is 0 Å². The Hall–Kier alpha value is -1.58. The van der Waals surface area contributed by atoms with Crippen molar-refractivity contribution in [2.75, 3.05) is 0 Å². The van der Waals surface area contributed by atoms with Crippen LogP contribution in [0.15, 0.2) is 24.4 Å². The van der Waals surface area contributed by atoms with Crippen LogP contribution in [0.1, 0.15) is 47.0 Å². The van der Waals surface area contributed by atoms with Gasteiger partial charge in [-0.15, -0.1) is 0 Å². The van der Waals surface area contributed by atoms with Gasteiger partial charge in [0.05, 0.1) is 0 Å². The molecule has 0 bridgehead atoms. The summed E-state index contributed by atoms with van der Waals surface area (Å²) in [6.45, 7) is 7.02. The Bertz CT molecular complexity index is 324. The zero-order valence-corrected chi connectivity index (χ0v) is 11.7. The molecular formula is C14H23NO3. The van der Waals surface area contributed by atoms with Crippen LogP contribution in [-0.2, 0) is 9.53 Å². The summed E-state index contributed by atoms with van der Waals surface area (Å²) in [5, 5.41) is 2.52. The Kier molecular flexibility index (Phi) is 7.76. The van der Waals surface area contributed by atoms with Crippen molar-refractivity contribution in [3.05, 3.63) is 24.4 Å². The Morgan fingerprint density at radius 2 is 1.83 bits per heavy atom. The Labute approximate surface area is 109 Å². The maximum Gasteiger partial charge on any atom is 0.411 e. The van der Waals surface area contributed by atoms with Crippen LogP contribution in [0.5, 0.6) is 0 Å². The first-order chi connectivity index (χ1) is 8.31. The lowest BCUT2D eigenvalue weighted by Gasteiger charge is -2.18. The first kappa shape index (κ1) is 16.4. The van der Waals surface area contributed by atoms with Gasteiger partial charge in [-0.1, -0.05) is 18.2 Å². The number of amides is 1. The number of Topliss-reactive ketones (excluding diaryl/α,β-unsaturated/α-hetero) is 1. The number of hydrogen-bond acceptors (Lipinski definition) is 3. The molecule has 0 aromatic rings. The minimum atomic E-state index is -0.482. The van der Waals surface area contributed by atoms with Crippen molar-refractivity contribution in [3.8, 4) is 0 Å². The fourth-order valence-corrected chi connectivity index (χ4v) is 1.08. The molecule has 102 valence electrons. The summed E-state index contributed by atoms with van der Waals surface area (Å²) in [4.78, 5) is 21.9. The van der Waals surface area contributed by atoms with Gasteiger partial charge in [-0.05, 0) is 40.5 Å². The van der Waals surface area contributed by atoms with Gasteiger partial charge in [0.1, 0.15) is 11.4 Å². The normalized spacial score (nSPS) is 12.0. The first-order valence-electron chi connectivity index (χ1n) is 6.10. The third-order valence-electron chi connectivity index (χ3n) is 1.82. The highest BCUT2D eigenvalue weighted by Gasteiger charge is 2.14. The highest BCUT2D eigenvalue weighted by molar-refractivity contribution is 5.75. The molecule has 0 aliphatic heterocycles. The molecule has 0 rings (SSSR count). The number of ether oxygens (including phenoxy) is 1. The standard InChI is InChI=1S/C14H23NO3/c1-12(16)10-8-6-5-7-9-11-15-13(17)18-14(2,3)4/h5-6,9,11H,7-8,10H2,1-4H3,(H,15,17)/b6-5+,11-9+. The van der Waals surface area contributed by atoms with Crippen molar-refractivity contribution >= 4 is 11.9 Å². The number of carbonyl (C=O) groups is 2. The molecule has 0 saturated heterocycles. The van der Waals surface area contributed by atoms with Crippen LogP contribution < -0.4 is 5.32 Å². The number of nitrogens with one attached hydrogen (secondary N) is 1. The molecule has 1 amide bonds. The van der Waals surface area contributed by atoms with E-state index in [0.717, 1.165) is 6.42 Å². The van der Waals surface area contributed by atoms with Crippen LogP contribution in [0.4, 0.5) is 4.79 Å². The molecule has 4 heteroatoms. The molecule has 0 aromatic heterocycles. The van der Waals surface area contributed by atoms with Crippen LogP contribution in [0, 0.1) is 0 Å². The van der Waals surface area contributed by atoms with Gasteiger partial charge in [0.2, 0.25) is 0 Å². The van der Waals surface area contributed by atoms with E-state index in [0.29, 0.717) is 12.8 Å². The molecule has 0 aliphatic carbocycles. The van der Waals surface area contributed by atoms with E-state index >= 15 is 0 Å². The predicted molar refractivity (Wildman–Crippen MR) is 72.2 cm³/mol. The van der Waals surface area contributed by atoms with Gasteiger partial charge in [-0.25, -0.2) is 4.79 Å². The van der Waals surface area contributed by atoms with Crippen molar-refractivity contribution < 1.29 is 14.3 Å². The average Bonchev–Trinajstić information content (AvgIpc) is 2.18. The summed E-state index contributed by atoms with van der Waals surface area (Å²) in [5.74, 6) is 0.196. The number of allylic oxidation sites excluding steroid dienone is 3. The summed E-state index contributed by atoms with van der Waals surface area (Å²) in [5.41, 5.74) is -0.482. The number of hydrogen-bond donors (Lipinski definition) is 1. The third-order valence-corrected chi connectivity index (χ3v) is 1.82. The molecule has 0 fully saturated rings. The molecule has 0 heterocycles. The molecule has 0 radical (unpaired) electrons. The fraction of sp³-hybridized carbons (Fsp3) is 0.571. The molecule has 0 aliphatic rings. The minimum absolute atomic E-state index is 0.196. The Balaban J connectivity index is 3.66. The Morgan fingerprint density at radius 1 is 1.17 bits per heavy atom. The van der Waals surface area contributed by atoms with Crippen molar-refractivity contribution in [1.82, 2.24) is 5.32 Å². The molecule has 1 N–H and O–H groups in total. The van der Waals surface area contributed by atoms with Crippen LogP contribution in [0.3, 0.4) is 0 Å². The van der Waals surface area contributed by atoms with Crippen LogP contribution >= 0.6 is 0 Å². The van der Waals surface area contributed by atoms with Gasteiger partial charge in [-0.3, -0.25) is 5.32 Å². The lowest BCUT2D eigenvalue weighted by molar-refractivity contribution is -0.116. The number of alkyl carbamates (subject to hydrolysis) is 1. The molecule has 0 spiro atoms. The second kappa shape index (κ2) is 8.50. The van der Waals surface area contributed by atoms with E-state index in [1.54, 1.807) is 13.1 Å². The predicted octanol–water partition coefficient (Wildman–Crippen LogP) is 3.34. The molecule has 0 aromatic carbocycles. The summed E-state index contributed by atoms with van der Waals surface area (Å²) in [6, 6.07) is 0. The van der Waals surface area contributed by atoms with E-state index in [4.69, 9.17) is 4.74 Å². The van der Waals surface area contributed by atoms with Crippen LogP contribution in [0.25, 0.3) is 0 Å². The molecule has 4 nitrogen and oxygen atoms in total. The maximum absolute atomic E-state index is 11.2. The zero-order valence-electron chi connectivity index (χ0n) is 11.7.